The maximum Gasteiger partial charge on any atom is 0.196 e. The molecule has 0 aromatic carbocycles. The third kappa shape index (κ3) is 2.18. The molecule has 0 amide bonds. The second-order valence-electron chi connectivity index (χ2n) is 3.46. The summed E-state index contributed by atoms with van der Waals surface area (Å²) >= 11 is 0. The van der Waals surface area contributed by atoms with Gasteiger partial charge in [-0.1, -0.05) is 0 Å². The van der Waals surface area contributed by atoms with Crippen LogP contribution < -0.4 is 5.11 Å². The lowest BCUT2D eigenvalue weighted by Gasteiger charge is -2.45. The highest BCUT2D eigenvalue weighted by Gasteiger charge is 2.46. The van der Waals surface area contributed by atoms with Crippen LogP contribution in [0.3, 0.4) is 0 Å². The highest BCUT2D eigenvalue weighted by Crippen LogP contribution is 2.27. The highest BCUT2D eigenvalue weighted by atomic mass is 16.4. The summed E-state index contributed by atoms with van der Waals surface area (Å²) in [5.74, 6) is -1.63. The fourth-order valence-electron chi connectivity index (χ4n) is 1.77. The predicted molar refractivity (Wildman–Crippen MR) is 49.4 cm³/mol. The van der Waals surface area contributed by atoms with Crippen LogP contribution >= 0.6 is 0 Å². The summed E-state index contributed by atoms with van der Waals surface area (Å²) in [6.45, 7) is 6.99. The van der Waals surface area contributed by atoms with Crippen molar-refractivity contribution >= 4 is 5.97 Å². The molecule has 0 saturated carbocycles. The third-order valence-corrected chi connectivity index (χ3v) is 2.56. The molecular formula is C9H17NO5. The molecule has 0 radical (unpaired) electrons. The molecule has 6 heteroatoms. The van der Waals surface area contributed by atoms with Crippen molar-refractivity contribution < 1.29 is 29.7 Å². The Morgan fingerprint density at radius 1 is 1.13 bits per heavy atom. The molecule has 0 aliphatic rings. The summed E-state index contributed by atoms with van der Waals surface area (Å²) in [4.78, 5) is 10.7. The Hall–Kier alpha value is -0.950. The zero-order chi connectivity index (χ0) is 12.4. The van der Waals surface area contributed by atoms with Gasteiger partial charge in [0, 0.05) is 20.8 Å². The van der Waals surface area contributed by atoms with Crippen molar-refractivity contribution in [3.05, 3.63) is 12.3 Å². The molecule has 0 fully saturated rings. The zero-order valence-electron chi connectivity index (χ0n) is 9.04. The molecule has 3 unspecified atom stereocenters. The van der Waals surface area contributed by atoms with E-state index in [1.165, 1.54) is 20.8 Å². The van der Waals surface area contributed by atoms with Gasteiger partial charge in [0.15, 0.2) is 24.4 Å². The molecule has 0 saturated heterocycles. The number of carbonyl (C=O) groups excluding carboxylic acids is 1. The van der Waals surface area contributed by atoms with Crippen LogP contribution in [0.15, 0.2) is 12.3 Å². The van der Waals surface area contributed by atoms with Gasteiger partial charge in [0.1, 0.15) is 5.97 Å². The van der Waals surface area contributed by atoms with E-state index in [1.807, 2.05) is 0 Å². The summed E-state index contributed by atoms with van der Waals surface area (Å²) in [5.41, 5.74) is -0.574. The van der Waals surface area contributed by atoms with Gasteiger partial charge in [0.05, 0.1) is 0 Å². The molecule has 0 aliphatic carbocycles. The van der Waals surface area contributed by atoms with Crippen molar-refractivity contribution in [2.24, 2.45) is 0 Å². The van der Waals surface area contributed by atoms with E-state index >= 15 is 0 Å². The van der Waals surface area contributed by atoms with Crippen LogP contribution in [0, 0.1) is 0 Å². The topological polar surface area (TPSA) is 101 Å². The molecule has 0 bridgehead atoms. The molecule has 0 spiro atoms. The molecule has 0 aromatic heterocycles. The Morgan fingerprint density at radius 2 is 1.40 bits per heavy atom. The second-order valence-corrected chi connectivity index (χ2v) is 3.46. The lowest BCUT2D eigenvalue weighted by Crippen LogP contribution is -2.65. The summed E-state index contributed by atoms with van der Waals surface area (Å²) in [5, 5.41) is 39.3. The normalized spacial score (nSPS) is 21.2. The van der Waals surface area contributed by atoms with Gasteiger partial charge < -0.3 is 25.2 Å². The summed E-state index contributed by atoms with van der Waals surface area (Å²) in [7, 11) is 0. The fourth-order valence-corrected chi connectivity index (χ4v) is 1.77. The molecular weight excluding hydrogens is 202 g/mol. The highest BCUT2D eigenvalue weighted by molar-refractivity contribution is 5.81. The molecule has 3 N–H and O–H groups in total. The van der Waals surface area contributed by atoms with Crippen molar-refractivity contribution in [2.75, 3.05) is 0 Å². The smallest absolute Gasteiger partial charge is 0.196 e. The second kappa shape index (κ2) is 4.71. The van der Waals surface area contributed by atoms with Gasteiger partial charge in [-0.2, -0.15) is 0 Å². The minimum Gasteiger partial charge on any atom is -0.540 e. The number of rotatable bonds is 5. The summed E-state index contributed by atoms with van der Waals surface area (Å²) in [6, 6.07) is 0. The van der Waals surface area contributed by atoms with Crippen LogP contribution in [0.2, 0.25) is 0 Å². The molecule has 3 atom stereocenters. The monoisotopic (exact) mass is 219 g/mol. The fraction of sp³-hybridized carbons (Fsp3) is 0.667. The van der Waals surface area contributed by atoms with E-state index in [2.05, 4.69) is 6.58 Å². The van der Waals surface area contributed by atoms with Crippen molar-refractivity contribution in [3.8, 4) is 0 Å². The number of nitrogens with zero attached hydrogens (tertiary/aromatic N) is 1. The first-order chi connectivity index (χ1) is 6.68. The van der Waals surface area contributed by atoms with Crippen LogP contribution in [-0.2, 0) is 4.79 Å². The Kier molecular flexibility index (Phi) is 4.42. The molecule has 0 aliphatic heterocycles. The van der Waals surface area contributed by atoms with E-state index in [4.69, 9.17) is 0 Å². The van der Waals surface area contributed by atoms with Gasteiger partial charge in [0.25, 0.3) is 0 Å². The van der Waals surface area contributed by atoms with E-state index in [1.54, 1.807) is 0 Å². The molecule has 88 valence electrons. The first-order valence-corrected chi connectivity index (χ1v) is 4.52. The van der Waals surface area contributed by atoms with E-state index < -0.39 is 34.8 Å². The SMILES string of the molecule is C=C(C(=O)[O-])[N+](C(C)O)(C(C)O)C(C)O. The average Bonchev–Trinajstić information content (AvgIpc) is 2.02. The minimum absolute atomic E-state index is 0.574. The van der Waals surface area contributed by atoms with Crippen molar-refractivity contribution in [2.45, 2.75) is 39.5 Å². The van der Waals surface area contributed by atoms with Crippen molar-refractivity contribution in [3.63, 3.8) is 0 Å². The molecule has 0 heterocycles. The van der Waals surface area contributed by atoms with Gasteiger partial charge in [0.2, 0.25) is 0 Å². The maximum absolute atomic E-state index is 10.7. The van der Waals surface area contributed by atoms with Crippen molar-refractivity contribution in [1.29, 1.82) is 0 Å². The molecule has 0 aromatic rings. The lowest BCUT2D eigenvalue weighted by molar-refractivity contribution is -1.01. The predicted octanol–water partition coefficient (Wildman–Crippen LogP) is -1.92. The zero-order valence-corrected chi connectivity index (χ0v) is 9.04. The third-order valence-electron chi connectivity index (χ3n) is 2.56. The van der Waals surface area contributed by atoms with Crippen LogP contribution in [0.1, 0.15) is 20.8 Å². The molecule has 15 heavy (non-hydrogen) atoms. The Morgan fingerprint density at radius 3 is 1.47 bits per heavy atom. The largest absolute Gasteiger partial charge is 0.540 e. The van der Waals surface area contributed by atoms with Crippen molar-refractivity contribution in [1.82, 2.24) is 0 Å². The number of hydrogen-bond donors (Lipinski definition) is 3. The van der Waals surface area contributed by atoms with Gasteiger partial charge in [-0.15, -0.1) is 0 Å². The number of hydrogen-bond acceptors (Lipinski definition) is 5. The first-order valence-electron chi connectivity index (χ1n) is 4.52. The number of carboxylic acids is 1. The van der Waals surface area contributed by atoms with Crippen LogP contribution in [0.5, 0.6) is 0 Å². The van der Waals surface area contributed by atoms with E-state index in [-0.39, 0.29) is 0 Å². The first kappa shape index (κ1) is 14.1. The van der Waals surface area contributed by atoms with Crippen LogP contribution in [-0.4, -0.2) is 44.5 Å². The number of carboxylic acid groups (broad SMARTS) is 1. The van der Waals surface area contributed by atoms with E-state index in [0.29, 0.717) is 0 Å². The maximum atomic E-state index is 10.7. The number of aliphatic carboxylic acids is 1. The standard InChI is InChI=1S/C9H17NO5/c1-5(9(14)15)10(6(2)11,7(3)12)8(4)13/h6-8,11-13H,1H2,2-4H3. The average molecular weight is 219 g/mol. The lowest BCUT2D eigenvalue weighted by atomic mass is 10.2. The Labute approximate surface area is 88.3 Å². The van der Waals surface area contributed by atoms with Gasteiger partial charge in [-0.3, -0.25) is 0 Å². The Bertz CT molecular complexity index is 237. The van der Waals surface area contributed by atoms with Gasteiger partial charge in [-0.05, 0) is 6.58 Å². The quantitative estimate of drug-likeness (QED) is 0.284. The minimum atomic E-state index is -1.63. The summed E-state index contributed by atoms with van der Waals surface area (Å²) < 4.78 is -0.956. The van der Waals surface area contributed by atoms with Crippen LogP contribution in [0.25, 0.3) is 0 Å². The number of quaternary nitrogens is 1. The van der Waals surface area contributed by atoms with E-state index in [9.17, 15) is 25.2 Å². The van der Waals surface area contributed by atoms with Gasteiger partial charge in [-0.25, -0.2) is 4.48 Å². The van der Waals surface area contributed by atoms with Crippen LogP contribution in [0.4, 0.5) is 0 Å². The summed E-state index contributed by atoms with van der Waals surface area (Å²) in [6.07, 6.45) is -3.97. The molecule has 6 nitrogen and oxygen atoms in total. The molecule has 0 rings (SSSR count). The van der Waals surface area contributed by atoms with Gasteiger partial charge >= 0.3 is 0 Å². The Balaban J connectivity index is 5.53. The van der Waals surface area contributed by atoms with E-state index in [0.717, 1.165) is 0 Å². The number of carbonyl (C=O) groups is 1. The number of aliphatic hydroxyl groups excluding tert-OH is 3. The number of aliphatic hydroxyl groups is 3.